The molecule has 0 amide bonds. The number of aryl methyl sites for hydroxylation is 1. The Hall–Kier alpha value is -2.48. The van der Waals surface area contributed by atoms with Gasteiger partial charge in [-0.2, -0.15) is 4.98 Å². The van der Waals surface area contributed by atoms with Gasteiger partial charge in [0.25, 0.3) is 5.89 Å². The summed E-state index contributed by atoms with van der Waals surface area (Å²) >= 11 is 0. The Morgan fingerprint density at radius 3 is 2.48 bits per heavy atom. The molecule has 3 aromatic rings. The molecule has 0 radical (unpaired) electrons. The zero-order chi connectivity index (χ0) is 15.0. The van der Waals surface area contributed by atoms with Crippen LogP contribution in [0.3, 0.4) is 0 Å². The predicted molar refractivity (Wildman–Crippen MR) is 75.0 cm³/mol. The molecule has 3 rings (SSSR count). The fraction of sp³-hybridized carbons (Fsp3) is 0.154. The van der Waals surface area contributed by atoms with Crippen molar-refractivity contribution >= 4 is 9.84 Å². The second-order valence-corrected chi connectivity index (χ2v) is 6.60. The Kier molecular flexibility index (Phi) is 3.09. The van der Waals surface area contributed by atoms with Crippen LogP contribution < -0.4 is 0 Å². The average Bonchev–Trinajstić information content (AvgIpc) is 3.06. The topological polar surface area (TPSA) is 90.9 Å². The molecule has 7 nitrogen and oxygen atoms in total. The molecule has 0 atom stereocenters. The van der Waals surface area contributed by atoms with Gasteiger partial charge in [-0.05, 0) is 24.3 Å². The van der Waals surface area contributed by atoms with Gasteiger partial charge in [0.1, 0.15) is 0 Å². The number of nitrogens with zero attached hydrogens (tertiary/aromatic N) is 4. The van der Waals surface area contributed by atoms with Gasteiger partial charge in [-0.25, -0.2) is 13.4 Å². The lowest BCUT2D eigenvalue weighted by Crippen LogP contribution is -1.96. The lowest BCUT2D eigenvalue weighted by Gasteiger charge is -1.98. The zero-order valence-corrected chi connectivity index (χ0v) is 12.2. The minimum Gasteiger partial charge on any atom is -0.334 e. The maximum atomic E-state index is 11.4. The fourth-order valence-corrected chi connectivity index (χ4v) is 2.49. The van der Waals surface area contributed by atoms with E-state index in [0.717, 1.165) is 6.26 Å². The summed E-state index contributed by atoms with van der Waals surface area (Å²) in [5.41, 5.74) is 0.648. The van der Waals surface area contributed by atoms with Crippen molar-refractivity contribution in [2.75, 3.05) is 6.26 Å². The molecule has 0 unspecified atom stereocenters. The molecule has 0 aliphatic rings. The van der Waals surface area contributed by atoms with Gasteiger partial charge in [0, 0.05) is 31.3 Å². The highest BCUT2D eigenvalue weighted by Gasteiger charge is 2.14. The molecule has 108 valence electrons. The van der Waals surface area contributed by atoms with Gasteiger partial charge in [-0.15, -0.1) is 0 Å². The fourth-order valence-electron chi connectivity index (χ4n) is 1.86. The molecule has 0 aliphatic carbocycles. The minimum atomic E-state index is -3.22. The third kappa shape index (κ3) is 2.57. The smallest absolute Gasteiger partial charge is 0.258 e. The summed E-state index contributed by atoms with van der Waals surface area (Å²) in [5.74, 6) is 1.29. The van der Waals surface area contributed by atoms with Crippen molar-refractivity contribution in [2.45, 2.75) is 4.90 Å². The van der Waals surface area contributed by atoms with Crippen LogP contribution in [0.1, 0.15) is 0 Å². The Morgan fingerprint density at radius 1 is 1.19 bits per heavy atom. The van der Waals surface area contributed by atoms with Crippen LogP contribution in [-0.4, -0.2) is 34.4 Å². The van der Waals surface area contributed by atoms with Gasteiger partial charge in [0.2, 0.25) is 5.82 Å². The summed E-state index contributed by atoms with van der Waals surface area (Å²) in [4.78, 5) is 8.65. The van der Waals surface area contributed by atoms with E-state index < -0.39 is 9.84 Å². The van der Waals surface area contributed by atoms with Crippen molar-refractivity contribution in [3.05, 3.63) is 36.7 Å². The first-order chi connectivity index (χ1) is 9.95. The largest absolute Gasteiger partial charge is 0.334 e. The zero-order valence-electron chi connectivity index (χ0n) is 11.4. The van der Waals surface area contributed by atoms with E-state index in [1.165, 1.54) is 12.1 Å². The van der Waals surface area contributed by atoms with Crippen LogP contribution >= 0.6 is 0 Å². The number of hydrogen-bond acceptors (Lipinski definition) is 6. The molecular formula is C13H12N4O3S. The Balaban J connectivity index is 1.95. The van der Waals surface area contributed by atoms with Gasteiger partial charge in [0.15, 0.2) is 15.7 Å². The van der Waals surface area contributed by atoms with Crippen molar-refractivity contribution in [1.82, 2.24) is 19.7 Å². The number of hydrogen-bond donors (Lipinski definition) is 0. The first kappa shape index (κ1) is 13.5. The van der Waals surface area contributed by atoms with Crippen LogP contribution in [0.2, 0.25) is 0 Å². The van der Waals surface area contributed by atoms with Crippen LogP contribution in [0.25, 0.3) is 23.1 Å². The molecule has 8 heteroatoms. The van der Waals surface area contributed by atoms with Crippen LogP contribution in [0.15, 0.2) is 46.1 Å². The van der Waals surface area contributed by atoms with Crippen molar-refractivity contribution in [1.29, 1.82) is 0 Å². The number of imidazole rings is 1. The SMILES string of the molecule is Cn1ccnc1-c1noc(-c2ccc(S(C)(=O)=O)cc2)n1. The quantitative estimate of drug-likeness (QED) is 0.729. The lowest BCUT2D eigenvalue weighted by molar-refractivity contribution is 0.431. The molecule has 2 aromatic heterocycles. The first-order valence-electron chi connectivity index (χ1n) is 6.07. The monoisotopic (exact) mass is 304 g/mol. The second kappa shape index (κ2) is 4.81. The third-order valence-electron chi connectivity index (χ3n) is 2.98. The molecule has 21 heavy (non-hydrogen) atoms. The van der Waals surface area contributed by atoms with Gasteiger partial charge < -0.3 is 9.09 Å². The van der Waals surface area contributed by atoms with Crippen molar-refractivity contribution in [3.8, 4) is 23.1 Å². The van der Waals surface area contributed by atoms with Crippen LogP contribution in [0.5, 0.6) is 0 Å². The van der Waals surface area contributed by atoms with E-state index in [1.54, 1.807) is 29.1 Å². The normalized spacial score (nSPS) is 11.7. The Morgan fingerprint density at radius 2 is 1.90 bits per heavy atom. The van der Waals surface area contributed by atoms with E-state index in [4.69, 9.17) is 4.52 Å². The second-order valence-electron chi connectivity index (χ2n) is 4.58. The summed E-state index contributed by atoms with van der Waals surface area (Å²) in [7, 11) is -1.39. The van der Waals surface area contributed by atoms with Crippen molar-refractivity contribution in [2.24, 2.45) is 7.05 Å². The Bertz CT molecular complexity index is 878. The summed E-state index contributed by atoms with van der Waals surface area (Å²) in [6, 6.07) is 6.28. The van der Waals surface area contributed by atoms with E-state index in [-0.39, 0.29) is 4.90 Å². The molecule has 0 N–H and O–H groups in total. The summed E-state index contributed by atoms with van der Waals surface area (Å²) in [6.07, 6.45) is 4.59. The molecule has 0 aliphatic heterocycles. The van der Waals surface area contributed by atoms with Gasteiger partial charge in [-0.1, -0.05) is 5.16 Å². The maximum Gasteiger partial charge on any atom is 0.258 e. The summed E-state index contributed by atoms with van der Waals surface area (Å²) < 4.78 is 29.8. The molecule has 0 saturated carbocycles. The highest BCUT2D eigenvalue weighted by atomic mass is 32.2. The van der Waals surface area contributed by atoms with E-state index >= 15 is 0 Å². The van der Waals surface area contributed by atoms with E-state index in [2.05, 4.69) is 15.1 Å². The molecule has 0 fully saturated rings. The predicted octanol–water partition coefficient (Wildman–Crippen LogP) is 1.54. The average molecular weight is 304 g/mol. The molecule has 2 heterocycles. The van der Waals surface area contributed by atoms with E-state index in [1.807, 2.05) is 7.05 Å². The van der Waals surface area contributed by atoms with Gasteiger partial charge in [-0.3, -0.25) is 0 Å². The lowest BCUT2D eigenvalue weighted by atomic mass is 10.2. The van der Waals surface area contributed by atoms with Crippen LogP contribution in [-0.2, 0) is 16.9 Å². The minimum absolute atomic E-state index is 0.245. The maximum absolute atomic E-state index is 11.4. The highest BCUT2D eigenvalue weighted by molar-refractivity contribution is 7.90. The molecule has 1 aromatic carbocycles. The van der Waals surface area contributed by atoms with E-state index in [9.17, 15) is 8.42 Å². The summed E-state index contributed by atoms with van der Waals surface area (Å²) in [5, 5.41) is 3.88. The molecule has 0 spiro atoms. The summed E-state index contributed by atoms with van der Waals surface area (Å²) in [6.45, 7) is 0. The molecular weight excluding hydrogens is 292 g/mol. The molecule has 0 saturated heterocycles. The van der Waals surface area contributed by atoms with Crippen LogP contribution in [0, 0.1) is 0 Å². The number of rotatable bonds is 3. The van der Waals surface area contributed by atoms with Crippen LogP contribution in [0.4, 0.5) is 0 Å². The standard InChI is InChI=1S/C13H12N4O3S/c1-17-8-7-14-12(17)11-15-13(20-16-11)9-3-5-10(6-4-9)21(2,18)19/h3-8H,1-2H3. The van der Waals surface area contributed by atoms with Gasteiger partial charge >= 0.3 is 0 Å². The third-order valence-corrected chi connectivity index (χ3v) is 4.11. The Labute approximate surface area is 121 Å². The number of sulfone groups is 1. The molecule has 0 bridgehead atoms. The van der Waals surface area contributed by atoms with Gasteiger partial charge in [0.05, 0.1) is 4.90 Å². The first-order valence-corrected chi connectivity index (χ1v) is 7.96. The number of aromatic nitrogens is 4. The number of benzene rings is 1. The van der Waals surface area contributed by atoms with E-state index in [0.29, 0.717) is 23.1 Å². The van der Waals surface area contributed by atoms with Crippen molar-refractivity contribution < 1.29 is 12.9 Å². The highest BCUT2D eigenvalue weighted by Crippen LogP contribution is 2.22. The van der Waals surface area contributed by atoms with Crippen molar-refractivity contribution in [3.63, 3.8) is 0 Å².